The number of anilines is 3. The fraction of sp³-hybridized carbons (Fsp3) is 0.100. The monoisotopic (exact) mass is 246 g/mol. The molecule has 8 nitrogen and oxygen atoms in total. The van der Waals surface area contributed by atoms with Crippen molar-refractivity contribution in [3.63, 3.8) is 0 Å². The van der Waals surface area contributed by atoms with Crippen LogP contribution in [0.3, 0.4) is 0 Å². The summed E-state index contributed by atoms with van der Waals surface area (Å²) < 4.78 is 0. The van der Waals surface area contributed by atoms with Crippen LogP contribution in [0.25, 0.3) is 0 Å². The molecule has 0 aromatic carbocycles. The quantitative estimate of drug-likeness (QED) is 0.620. The Hall–Kier alpha value is -2.77. The zero-order valence-electron chi connectivity index (χ0n) is 9.49. The first-order valence-corrected chi connectivity index (χ1v) is 5.03. The first kappa shape index (κ1) is 11.7. The highest BCUT2D eigenvalue weighted by Crippen LogP contribution is 2.16. The van der Waals surface area contributed by atoms with Gasteiger partial charge in [0, 0.05) is 17.8 Å². The van der Waals surface area contributed by atoms with Gasteiger partial charge in [0.15, 0.2) is 0 Å². The van der Waals surface area contributed by atoms with Gasteiger partial charge in [-0.15, -0.1) is 0 Å². The number of nitrogens with one attached hydrogen (secondary N) is 1. The van der Waals surface area contributed by atoms with Gasteiger partial charge >= 0.3 is 0 Å². The minimum Gasteiger partial charge on any atom is -0.368 e. The van der Waals surface area contributed by atoms with E-state index in [4.69, 9.17) is 5.73 Å². The molecule has 2 aromatic heterocycles. The molecule has 0 saturated carbocycles. The number of nitrogens with zero attached hydrogens (tertiary/aromatic N) is 4. The number of pyridine rings is 1. The molecule has 2 aromatic rings. The SMILES string of the molecule is Cc1cc(Nc2ccc([N+](=O)[O-])cn2)nc(N)n1. The van der Waals surface area contributed by atoms with Crippen molar-refractivity contribution >= 4 is 23.3 Å². The van der Waals surface area contributed by atoms with Crippen LogP contribution in [-0.2, 0) is 0 Å². The molecular formula is C10H10N6O2. The molecule has 18 heavy (non-hydrogen) atoms. The van der Waals surface area contributed by atoms with E-state index in [2.05, 4.69) is 20.3 Å². The fourth-order valence-corrected chi connectivity index (χ4v) is 1.35. The van der Waals surface area contributed by atoms with Crippen LogP contribution < -0.4 is 11.1 Å². The van der Waals surface area contributed by atoms with Crippen LogP contribution in [0.1, 0.15) is 5.69 Å². The Morgan fingerprint density at radius 2 is 2.11 bits per heavy atom. The highest BCUT2D eigenvalue weighted by molar-refractivity contribution is 5.54. The maximum atomic E-state index is 10.5. The molecular weight excluding hydrogens is 236 g/mol. The molecule has 0 aliphatic heterocycles. The van der Waals surface area contributed by atoms with Gasteiger partial charge in [0.25, 0.3) is 5.69 Å². The second kappa shape index (κ2) is 4.62. The molecule has 0 aliphatic rings. The van der Waals surface area contributed by atoms with Gasteiger partial charge < -0.3 is 11.1 Å². The van der Waals surface area contributed by atoms with Crippen LogP contribution in [0.4, 0.5) is 23.3 Å². The molecule has 0 atom stereocenters. The molecule has 92 valence electrons. The molecule has 2 heterocycles. The lowest BCUT2D eigenvalue weighted by Crippen LogP contribution is -2.02. The average molecular weight is 246 g/mol. The summed E-state index contributed by atoms with van der Waals surface area (Å²) in [6, 6.07) is 4.54. The highest BCUT2D eigenvalue weighted by atomic mass is 16.6. The van der Waals surface area contributed by atoms with Crippen LogP contribution in [0.2, 0.25) is 0 Å². The molecule has 0 unspecified atom stereocenters. The van der Waals surface area contributed by atoms with Crippen molar-refractivity contribution in [2.75, 3.05) is 11.1 Å². The Balaban J connectivity index is 2.20. The van der Waals surface area contributed by atoms with Crippen molar-refractivity contribution in [2.24, 2.45) is 0 Å². The van der Waals surface area contributed by atoms with Gasteiger partial charge in [-0.05, 0) is 13.0 Å². The van der Waals surface area contributed by atoms with E-state index < -0.39 is 4.92 Å². The summed E-state index contributed by atoms with van der Waals surface area (Å²) in [7, 11) is 0. The van der Waals surface area contributed by atoms with Gasteiger partial charge in [0.2, 0.25) is 5.95 Å². The number of hydrogen-bond donors (Lipinski definition) is 2. The number of rotatable bonds is 3. The zero-order valence-corrected chi connectivity index (χ0v) is 9.49. The van der Waals surface area contributed by atoms with Crippen LogP contribution in [0.15, 0.2) is 24.4 Å². The van der Waals surface area contributed by atoms with Gasteiger partial charge in [-0.3, -0.25) is 10.1 Å². The van der Waals surface area contributed by atoms with Gasteiger partial charge in [0.1, 0.15) is 17.8 Å². The summed E-state index contributed by atoms with van der Waals surface area (Å²) in [5.74, 6) is 1.08. The summed E-state index contributed by atoms with van der Waals surface area (Å²) in [6.07, 6.45) is 1.17. The third kappa shape index (κ3) is 2.67. The van der Waals surface area contributed by atoms with Crippen LogP contribution in [0.5, 0.6) is 0 Å². The molecule has 8 heteroatoms. The molecule has 0 radical (unpaired) electrons. The molecule has 0 amide bonds. The largest absolute Gasteiger partial charge is 0.368 e. The zero-order chi connectivity index (χ0) is 13.1. The van der Waals surface area contributed by atoms with E-state index in [1.165, 1.54) is 18.3 Å². The van der Waals surface area contributed by atoms with E-state index in [-0.39, 0.29) is 11.6 Å². The number of aryl methyl sites for hydroxylation is 1. The summed E-state index contributed by atoms with van der Waals surface area (Å²) in [4.78, 5) is 21.8. The van der Waals surface area contributed by atoms with Crippen molar-refractivity contribution in [2.45, 2.75) is 6.92 Å². The standard InChI is InChI=1S/C10H10N6O2/c1-6-4-9(15-10(11)13-6)14-8-3-2-7(5-12-8)16(17)18/h2-5H,1H3,(H3,11,12,13,14,15). The maximum Gasteiger partial charge on any atom is 0.287 e. The van der Waals surface area contributed by atoms with E-state index >= 15 is 0 Å². The number of nitrogens with two attached hydrogens (primary N) is 1. The minimum absolute atomic E-state index is 0.0704. The summed E-state index contributed by atoms with van der Waals surface area (Å²) >= 11 is 0. The summed E-state index contributed by atoms with van der Waals surface area (Å²) in [6.45, 7) is 1.78. The van der Waals surface area contributed by atoms with Gasteiger partial charge in [-0.25, -0.2) is 9.97 Å². The first-order chi connectivity index (χ1) is 8.54. The number of aromatic nitrogens is 3. The normalized spacial score (nSPS) is 10.1. The van der Waals surface area contributed by atoms with Crippen LogP contribution in [0, 0.1) is 17.0 Å². The van der Waals surface area contributed by atoms with Crippen molar-refractivity contribution in [3.05, 3.63) is 40.2 Å². The number of nitrogen functional groups attached to an aromatic ring is 1. The molecule has 2 rings (SSSR count). The summed E-state index contributed by atoms with van der Waals surface area (Å²) in [5.41, 5.74) is 6.15. The molecule has 3 N–H and O–H groups in total. The Labute approximate surface area is 102 Å². The second-order valence-corrected chi connectivity index (χ2v) is 3.54. The van der Waals surface area contributed by atoms with E-state index in [1.54, 1.807) is 13.0 Å². The van der Waals surface area contributed by atoms with Gasteiger partial charge in [0.05, 0.1) is 4.92 Å². The van der Waals surface area contributed by atoms with Gasteiger partial charge in [-0.1, -0.05) is 0 Å². The second-order valence-electron chi connectivity index (χ2n) is 3.54. The predicted octanol–water partition coefficient (Wildman–Crippen LogP) is 1.41. The van der Waals surface area contributed by atoms with Crippen molar-refractivity contribution in [3.8, 4) is 0 Å². The Bertz CT molecular complexity index is 563. The smallest absolute Gasteiger partial charge is 0.287 e. The lowest BCUT2D eigenvalue weighted by molar-refractivity contribution is -0.385. The first-order valence-electron chi connectivity index (χ1n) is 5.03. The third-order valence-electron chi connectivity index (χ3n) is 2.09. The minimum atomic E-state index is -0.510. The maximum absolute atomic E-state index is 10.5. The van der Waals surface area contributed by atoms with Crippen molar-refractivity contribution in [1.29, 1.82) is 0 Å². The van der Waals surface area contributed by atoms with Gasteiger partial charge in [-0.2, -0.15) is 4.98 Å². The molecule has 0 bridgehead atoms. The Morgan fingerprint density at radius 1 is 1.33 bits per heavy atom. The average Bonchev–Trinajstić information content (AvgIpc) is 2.28. The Kier molecular flexibility index (Phi) is 3.00. The molecule has 0 aliphatic carbocycles. The van der Waals surface area contributed by atoms with E-state index in [0.29, 0.717) is 17.3 Å². The van der Waals surface area contributed by atoms with E-state index in [0.717, 1.165) is 0 Å². The summed E-state index contributed by atoms with van der Waals surface area (Å²) in [5, 5.41) is 13.4. The predicted molar refractivity (Wildman–Crippen MR) is 65.4 cm³/mol. The fourth-order valence-electron chi connectivity index (χ4n) is 1.35. The topological polar surface area (TPSA) is 120 Å². The Morgan fingerprint density at radius 3 is 2.67 bits per heavy atom. The van der Waals surface area contributed by atoms with E-state index in [9.17, 15) is 10.1 Å². The third-order valence-corrected chi connectivity index (χ3v) is 2.09. The highest BCUT2D eigenvalue weighted by Gasteiger charge is 2.06. The van der Waals surface area contributed by atoms with Crippen LogP contribution in [-0.4, -0.2) is 19.9 Å². The molecule has 0 saturated heterocycles. The number of nitro groups is 1. The van der Waals surface area contributed by atoms with Crippen LogP contribution >= 0.6 is 0 Å². The van der Waals surface area contributed by atoms with Crippen molar-refractivity contribution < 1.29 is 4.92 Å². The van der Waals surface area contributed by atoms with E-state index in [1.807, 2.05) is 0 Å². The number of hydrogen-bond acceptors (Lipinski definition) is 7. The molecule has 0 fully saturated rings. The van der Waals surface area contributed by atoms with Crippen molar-refractivity contribution in [1.82, 2.24) is 15.0 Å². The molecule has 0 spiro atoms. The lowest BCUT2D eigenvalue weighted by atomic mass is 10.4. The lowest BCUT2D eigenvalue weighted by Gasteiger charge is -2.05.